The Morgan fingerprint density at radius 3 is 2.83 bits per heavy atom. The number of rotatable bonds is 7. The van der Waals surface area contributed by atoms with Crippen molar-refractivity contribution in [3.05, 3.63) is 29.8 Å². The molecule has 18 heavy (non-hydrogen) atoms. The standard InChI is InChI=1S/C13H20N2O2S/c1-16-8-4-7-14-13(18)15-10-11-5-3-6-12(9-11)17-2/h3,5-6,9H,4,7-8,10H2,1-2H3,(H2,14,15,18). The molecule has 0 bridgehead atoms. The van der Waals surface area contributed by atoms with Crippen LogP contribution in [0.4, 0.5) is 0 Å². The van der Waals surface area contributed by atoms with Crippen LogP contribution < -0.4 is 15.4 Å². The van der Waals surface area contributed by atoms with E-state index in [1.807, 2.05) is 24.3 Å². The fraction of sp³-hybridized carbons (Fsp3) is 0.462. The van der Waals surface area contributed by atoms with Gasteiger partial charge in [-0.05, 0) is 36.3 Å². The first-order valence-corrected chi connectivity index (χ1v) is 6.30. The van der Waals surface area contributed by atoms with Gasteiger partial charge in [-0.15, -0.1) is 0 Å². The minimum absolute atomic E-state index is 0.661. The summed E-state index contributed by atoms with van der Waals surface area (Å²) in [5, 5.41) is 6.94. The Hall–Kier alpha value is -1.33. The molecule has 4 nitrogen and oxygen atoms in total. The molecule has 0 saturated heterocycles. The molecule has 0 aromatic heterocycles. The van der Waals surface area contributed by atoms with Crippen LogP contribution in [0.25, 0.3) is 0 Å². The van der Waals surface area contributed by atoms with E-state index in [9.17, 15) is 0 Å². The number of ether oxygens (including phenoxy) is 2. The van der Waals surface area contributed by atoms with Gasteiger partial charge in [0.2, 0.25) is 0 Å². The Balaban J connectivity index is 2.24. The van der Waals surface area contributed by atoms with Gasteiger partial charge in [0.1, 0.15) is 5.75 Å². The van der Waals surface area contributed by atoms with Crippen molar-refractivity contribution in [1.29, 1.82) is 0 Å². The Kier molecular flexibility index (Phi) is 7.13. The molecule has 0 radical (unpaired) electrons. The van der Waals surface area contributed by atoms with Gasteiger partial charge in [0.05, 0.1) is 7.11 Å². The molecule has 0 aliphatic heterocycles. The number of hydrogen-bond donors (Lipinski definition) is 2. The van der Waals surface area contributed by atoms with Crippen LogP contribution in [0.3, 0.4) is 0 Å². The Morgan fingerprint density at radius 1 is 1.28 bits per heavy atom. The van der Waals surface area contributed by atoms with Crippen LogP contribution in [0.15, 0.2) is 24.3 Å². The highest BCUT2D eigenvalue weighted by molar-refractivity contribution is 7.80. The van der Waals surface area contributed by atoms with Crippen molar-refractivity contribution in [3.8, 4) is 5.75 Å². The summed E-state index contributed by atoms with van der Waals surface area (Å²) in [6.07, 6.45) is 0.942. The van der Waals surface area contributed by atoms with Crippen molar-refractivity contribution >= 4 is 17.3 Å². The second-order valence-corrected chi connectivity index (χ2v) is 4.22. The topological polar surface area (TPSA) is 42.5 Å². The zero-order valence-electron chi connectivity index (χ0n) is 10.9. The highest BCUT2D eigenvalue weighted by atomic mass is 32.1. The van der Waals surface area contributed by atoms with E-state index in [1.165, 1.54) is 0 Å². The van der Waals surface area contributed by atoms with Gasteiger partial charge in [-0.2, -0.15) is 0 Å². The number of thiocarbonyl (C=S) groups is 1. The smallest absolute Gasteiger partial charge is 0.166 e. The number of benzene rings is 1. The predicted octanol–water partition coefficient (Wildman–Crippen LogP) is 1.70. The minimum Gasteiger partial charge on any atom is -0.497 e. The summed E-state index contributed by atoms with van der Waals surface area (Å²) in [6.45, 7) is 2.25. The molecular formula is C13H20N2O2S. The summed E-state index contributed by atoms with van der Waals surface area (Å²) in [7, 11) is 3.36. The molecule has 0 fully saturated rings. The first kappa shape index (κ1) is 14.7. The van der Waals surface area contributed by atoms with E-state index in [2.05, 4.69) is 10.6 Å². The van der Waals surface area contributed by atoms with E-state index in [0.717, 1.165) is 30.9 Å². The normalized spacial score (nSPS) is 9.89. The average molecular weight is 268 g/mol. The summed E-state index contributed by atoms with van der Waals surface area (Å²) < 4.78 is 10.1. The van der Waals surface area contributed by atoms with Crippen LogP contribution >= 0.6 is 12.2 Å². The van der Waals surface area contributed by atoms with Crippen molar-refractivity contribution < 1.29 is 9.47 Å². The van der Waals surface area contributed by atoms with E-state index in [1.54, 1.807) is 14.2 Å². The Labute approximate surface area is 114 Å². The molecule has 1 aromatic carbocycles. The highest BCUT2D eigenvalue weighted by Crippen LogP contribution is 2.11. The highest BCUT2D eigenvalue weighted by Gasteiger charge is 1.98. The minimum atomic E-state index is 0.661. The molecule has 2 N–H and O–H groups in total. The first-order chi connectivity index (χ1) is 8.76. The van der Waals surface area contributed by atoms with E-state index < -0.39 is 0 Å². The molecule has 0 spiro atoms. The lowest BCUT2D eigenvalue weighted by molar-refractivity contribution is 0.195. The molecule has 1 rings (SSSR count). The summed E-state index contributed by atoms with van der Waals surface area (Å²) in [4.78, 5) is 0. The van der Waals surface area contributed by atoms with Gasteiger partial charge in [0.25, 0.3) is 0 Å². The lowest BCUT2D eigenvalue weighted by atomic mass is 10.2. The third-order valence-corrected chi connectivity index (χ3v) is 2.69. The lowest BCUT2D eigenvalue weighted by Crippen LogP contribution is -2.35. The fourth-order valence-corrected chi connectivity index (χ4v) is 1.62. The summed E-state index contributed by atoms with van der Waals surface area (Å²) in [6, 6.07) is 7.90. The molecule has 0 aliphatic carbocycles. The zero-order chi connectivity index (χ0) is 13.2. The molecule has 1 aromatic rings. The Bertz CT molecular complexity index is 372. The molecule has 0 atom stereocenters. The maximum absolute atomic E-state index is 5.17. The van der Waals surface area contributed by atoms with Crippen LogP contribution in [-0.4, -0.2) is 32.5 Å². The largest absolute Gasteiger partial charge is 0.497 e. The summed E-state index contributed by atoms with van der Waals surface area (Å²) in [5.74, 6) is 0.855. The maximum atomic E-state index is 5.17. The van der Waals surface area contributed by atoms with Gasteiger partial charge in [-0.1, -0.05) is 12.1 Å². The third-order valence-electron chi connectivity index (χ3n) is 2.40. The van der Waals surface area contributed by atoms with Crippen molar-refractivity contribution in [2.45, 2.75) is 13.0 Å². The molecule has 0 amide bonds. The van der Waals surface area contributed by atoms with Crippen LogP contribution in [-0.2, 0) is 11.3 Å². The van der Waals surface area contributed by atoms with Crippen LogP contribution in [0, 0.1) is 0 Å². The SMILES string of the molecule is COCCCNC(=S)NCc1cccc(OC)c1. The monoisotopic (exact) mass is 268 g/mol. The molecule has 0 unspecified atom stereocenters. The number of nitrogens with one attached hydrogen (secondary N) is 2. The van der Waals surface area contributed by atoms with Gasteiger partial charge < -0.3 is 20.1 Å². The molecule has 100 valence electrons. The third kappa shape index (κ3) is 5.84. The van der Waals surface area contributed by atoms with Crippen molar-refractivity contribution in [3.63, 3.8) is 0 Å². The van der Waals surface area contributed by atoms with Gasteiger partial charge in [-0.3, -0.25) is 0 Å². The van der Waals surface area contributed by atoms with Gasteiger partial charge >= 0.3 is 0 Å². The van der Waals surface area contributed by atoms with Crippen molar-refractivity contribution in [1.82, 2.24) is 10.6 Å². The van der Waals surface area contributed by atoms with E-state index in [4.69, 9.17) is 21.7 Å². The Morgan fingerprint density at radius 2 is 2.11 bits per heavy atom. The van der Waals surface area contributed by atoms with E-state index >= 15 is 0 Å². The number of methoxy groups -OCH3 is 2. The van der Waals surface area contributed by atoms with Crippen LogP contribution in [0.5, 0.6) is 5.75 Å². The predicted molar refractivity (Wildman–Crippen MR) is 76.9 cm³/mol. The van der Waals surface area contributed by atoms with Gasteiger partial charge in [-0.25, -0.2) is 0 Å². The van der Waals surface area contributed by atoms with Gasteiger partial charge in [0, 0.05) is 26.8 Å². The molecule has 0 saturated carbocycles. The molecule has 0 heterocycles. The van der Waals surface area contributed by atoms with E-state index in [0.29, 0.717) is 11.7 Å². The first-order valence-electron chi connectivity index (χ1n) is 5.90. The summed E-state index contributed by atoms with van der Waals surface area (Å²) >= 11 is 5.17. The molecular weight excluding hydrogens is 248 g/mol. The molecule has 5 heteroatoms. The van der Waals surface area contributed by atoms with Gasteiger partial charge in [0.15, 0.2) is 5.11 Å². The summed E-state index contributed by atoms with van der Waals surface area (Å²) in [5.41, 5.74) is 1.13. The van der Waals surface area contributed by atoms with Crippen LogP contribution in [0.1, 0.15) is 12.0 Å². The maximum Gasteiger partial charge on any atom is 0.166 e. The van der Waals surface area contributed by atoms with Crippen molar-refractivity contribution in [2.75, 3.05) is 27.4 Å². The average Bonchev–Trinajstić information content (AvgIpc) is 2.41. The zero-order valence-corrected chi connectivity index (χ0v) is 11.7. The lowest BCUT2D eigenvalue weighted by Gasteiger charge is -2.10. The van der Waals surface area contributed by atoms with E-state index in [-0.39, 0.29) is 0 Å². The second-order valence-electron chi connectivity index (χ2n) is 3.81. The molecule has 0 aliphatic rings. The fourth-order valence-electron chi connectivity index (χ4n) is 1.45. The van der Waals surface area contributed by atoms with Crippen molar-refractivity contribution in [2.24, 2.45) is 0 Å². The number of hydrogen-bond acceptors (Lipinski definition) is 3. The quantitative estimate of drug-likeness (QED) is 0.582. The van der Waals surface area contributed by atoms with Crippen LogP contribution in [0.2, 0.25) is 0 Å². The second kappa shape index (κ2) is 8.72.